The molecule has 3 amide bonds. The standard InChI is InChI=1S/C33H34N10O7S/c44-29(14-11-23-19-41(40-37-23)16-4-15-34-27-12-13-28(43(47)48)31-32(27)42(46)38-31)35-22-7-3-8-24(18-22)51(49,50)39-33(45)36-30-25-9-1-5-20(25)17-21-6-2-10-26(21)30/h3,7-8,12-13,17-19,34H,1-2,4-6,9-11,14-16H2,(H,35,44)(H2,36,39,45). The molecule has 0 atom stereocenters. The molecule has 3 aromatic carbocycles. The molecule has 2 heterocycles. The minimum atomic E-state index is -4.24. The summed E-state index contributed by atoms with van der Waals surface area (Å²) in [5.74, 6) is -0.361. The van der Waals surface area contributed by atoms with Crippen molar-refractivity contribution in [2.75, 3.05) is 22.5 Å². The van der Waals surface area contributed by atoms with E-state index < -0.39 is 21.0 Å². The molecule has 0 unspecified atom stereocenters. The molecule has 18 heteroatoms. The number of nitrogens with zero attached hydrogens (tertiary/aromatic N) is 6. The first kappa shape index (κ1) is 33.6. The predicted octanol–water partition coefficient (Wildman–Crippen LogP) is 4.99. The number of urea groups is 1. The second-order valence-corrected chi connectivity index (χ2v) is 14.3. The molecule has 7 rings (SSSR count). The van der Waals surface area contributed by atoms with Crippen LogP contribution in [-0.2, 0) is 53.5 Å². The lowest BCUT2D eigenvalue weighted by Crippen LogP contribution is -2.35. The van der Waals surface area contributed by atoms with E-state index in [1.165, 1.54) is 41.5 Å². The van der Waals surface area contributed by atoms with Crippen LogP contribution in [0.1, 0.15) is 53.6 Å². The van der Waals surface area contributed by atoms with Crippen molar-refractivity contribution < 1.29 is 27.8 Å². The quantitative estimate of drug-likeness (QED) is 0.0477. The van der Waals surface area contributed by atoms with Crippen molar-refractivity contribution in [3.63, 3.8) is 0 Å². The highest BCUT2D eigenvalue weighted by atomic mass is 32.2. The largest absolute Gasteiger partial charge is 0.594 e. The van der Waals surface area contributed by atoms with Crippen LogP contribution < -0.4 is 20.7 Å². The van der Waals surface area contributed by atoms with Gasteiger partial charge in [-0.15, -0.1) is 5.10 Å². The highest BCUT2D eigenvalue weighted by molar-refractivity contribution is 7.90. The van der Waals surface area contributed by atoms with Crippen LogP contribution in [0.25, 0.3) is 0 Å². The van der Waals surface area contributed by atoms with Gasteiger partial charge < -0.3 is 21.2 Å². The van der Waals surface area contributed by atoms with Gasteiger partial charge in [0.2, 0.25) is 5.91 Å². The first-order valence-electron chi connectivity index (χ1n) is 16.6. The van der Waals surface area contributed by atoms with Crippen LogP contribution in [-0.4, -0.2) is 51.7 Å². The summed E-state index contributed by atoms with van der Waals surface area (Å²) >= 11 is 0. The minimum Gasteiger partial charge on any atom is -0.594 e. The number of nitro groups is 1. The van der Waals surface area contributed by atoms with Crippen LogP contribution in [0.5, 0.6) is 0 Å². The average Bonchev–Trinajstić information content (AvgIpc) is 3.86. The van der Waals surface area contributed by atoms with Crippen molar-refractivity contribution in [2.45, 2.75) is 69.2 Å². The first-order valence-corrected chi connectivity index (χ1v) is 18.1. The van der Waals surface area contributed by atoms with E-state index in [1.54, 1.807) is 16.9 Å². The summed E-state index contributed by atoms with van der Waals surface area (Å²) in [6.45, 7) is 0.928. The number of azo groups is 1. The van der Waals surface area contributed by atoms with Gasteiger partial charge in [-0.1, -0.05) is 17.3 Å². The number of amides is 3. The van der Waals surface area contributed by atoms with Crippen LogP contribution in [0.15, 0.2) is 58.7 Å². The van der Waals surface area contributed by atoms with E-state index in [9.17, 15) is 33.3 Å². The van der Waals surface area contributed by atoms with Crippen molar-refractivity contribution in [2.24, 2.45) is 5.11 Å². The smallest absolute Gasteiger partial charge is 0.333 e. The number of benzene rings is 3. The molecular weight excluding hydrogens is 680 g/mol. The lowest BCUT2D eigenvalue weighted by molar-refractivity contribution is -0.457. The Morgan fingerprint density at radius 2 is 1.76 bits per heavy atom. The molecule has 4 N–H and O–H groups in total. The lowest BCUT2D eigenvalue weighted by Gasteiger charge is -2.16. The Kier molecular flexibility index (Phi) is 9.07. The molecule has 0 saturated carbocycles. The van der Waals surface area contributed by atoms with Gasteiger partial charge >= 0.3 is 17.4 Å². The summed E-state index contributed by atoms with van der Waals surface area (Å²) in [6.07, 6.45) is 8.26. The van der Waals surface area contributed by atoms with E-state index in [1.807, 2.05) is 0 Å². The van der Waals surface area contributed by atoms with Crippen molar-refractivity contribution >= 4 is 56.1 Å². The monoisotopic (exact) mass is 714 g/mol. The molecule has 0 spiro atoms. The third-order valence-corrected chi connectivity index (χ3v) is 10.5. The third kappa shape index (κ3) is 7.07. The Morgan fingerprint density at radius 1 is 1.00 bits per heavy atom. The van der Waals surface area contributed by atoms with Crippen molar-refractivity contribution in [1.29, 1.82) is 0 Å². The van der Waals surface area contributed by atoms with Gasteiger partial charge in [-0.05, 0) is 96.3 Å². The van der Waals surface area contributed by atoms with Crippen molar-refractivity contribution in [1.82, 2.24) is 19.7 Å². The fourth-order valence-corrected chi connectivity index (χ4v) is 7.72. The van der Waals surface area contributed by atoms with Gasteiger partial charge in [0.15, 0.2) is 0 Å². The van der Waals surface area contributed by atoms with Crippen LogP contribution in [0, 0.1) is 15.3 Å². The number of fused-ring (bicyclic) bond motifs is 3. The molecule has 2 aliphatic carbocycles. The molecule has 51 heavy (non-hydrogen) atoms. The SMILES string of the molecule is O=C(CCc1cn(CCCNc2ccc([N+](=O)[O-])c3c2[N+]([O-])=N3)nn1)Nc1cccc(S(=O)(=O)NC(=O)Nc2c3c(cc4c2CCC4)CCC3)c1. The first-order chi connectivity index (χ1) is 24.6. The number of carbonyl (C=O) groups is 2. The van der Waals surface area contributed by atoms with E-state index in [4.69, 9.17) is 0 Å². The maximum atomic E-state index is 13.1. The lowest BCUT2D eigenvalue weighted by atomic mass is 9.99. The molecule has 0 fully saturated rings. The van der Waals surface area contributed by atoms with Gasteiger partial charge in [0.05, 0.1) is 15.5 Å². The van der Waals surface area contributed by atoms with E-state index in [0.29, 0.717) is 35.8 Å². The molecule has 0 radical (unpaired) electrons. The summed E-state index contributed by atoms with van der Waals surface area (Å²) < 4.78 is 30.0. The van der Waals surface area contributed by atoms with Crippen LogP contribution in [0.4, 0.5) is 38.9 Å². The Balaban J connectivity index is 0.878. The number of aromatic nitrogens is 3. The van der Waals surface area contributed by atoms with Crippen molar-refractivity contribution in [3.8, 4) is 0 Å². The summed E-state index contributed by atoms with van der Waals surface area (Å²) in [5.41, 5.74) is 6.60. The van der Waals surface area contributed by atoms with Gasteiger partial charge in [-0.25, -0.2) is 17.9 Å². The normalized spacial score (nSPS) is 14.1. The predicted molar refractivity (Wildman–Crippen MR) is 185 cm³/mol. The average molecular weight is 715 g/mol. The molecule has 1 aliphatic heterocycles. The highest BCUT2D eigenvalue weighted by Crippen LogP contribution is 2.48. The van der Waals surface area contributed by atoms with Gasteiger partial charge in [0.1, 0.15) is 5.69 Å². The Bertz CT molecular complexity index is 2180. The van der Waals surface area contributed by atoms with Crippen LogP contribution in [0.3, 0.4) is 0 Å². The fourth-order valence-electron chi connectivity index (χ4n) is 6.77. The van der Waals surface area contributed by atoms with Gasteiger partial charge in [-0.2, -0.15) is 0 Å². The number of hydrogen-bond donors (Lipinski definition) is 4. The topological polar surface area (TPSA) is 229 Å². The second kappa shape index (κ2) is 13.8. The Hall–Kier alpha value is -5.91. The molecule has 3 aliphatic rings. The Morgan fingerprint density at radius 3 is 2.49 bits per heavy atom. The van der Waals surface area contributed by atoms with E-state index in [2.05, 4.69) is 42.2 Å². The van der Waals surface area contributed by atoms with Gasteiger partial charge in [0, 0.05) is 54.7 Å². The van der Waals surface area contributed by atoms with Crippen LogP contribution >= 0.6 is 0 Å². The minimum absolute atomic E-state index is 0.0488. The zero-order valence-corrected chi connectivity index (χ0v) is 28.2. The number of hydrogen-bond acceptors (Lipinski definition) is 11. The van der Waals surface area contributed by atoms with E-state index in [-0.39, 0.29) is 46.4 Å². The van der Waals surface area contributed by atoms with E-state index in [0.717, 1.165) is 55.3 Å². The summed E-state index contributed by atoms with van der Waals surface area (Å²) in [7, 11) is -4.24. The number of sulfonamides is 1. The second-order valence-electron chi connectivity index (χ2n) is 12.6. The molecule has 264 valence electrons. The number of aryl methyl sites for hydroxylation is 4. The highest BCUT2D eigenvalue weighted by Gasteiger charge is 2.37. The summed E-state index contributed by atoms with van der Waals surface area (Å²) in [6, 6.07) is 9.87. The van der Waals surface area contributed by atoms with E-state index >= 15 is 0 Å². The molecule has 17 nitrogen and oxygen atoms in total. The fraction of sp³-hybridized carbons (Fsp3) is 0.333. The zero-order valence-electron chi connectivity index (χ0n) is 27.3. The molecule has 0 bridgehead atoms. The molecular formula is C33H34N10O7S. The summed E-state index contributed by atoms with van der Waals surface area (Å²) in [4.78, 5) is 36.4. The van der Waals surface area contributed by atoms with Crippen molar-refractivity contribution in [3.05, 3.63) is 91.9 Å². The number of rotatable bonds is 13. The third-order valence-electron chi connectivity index (χ3n) is 9.15. The number of nitro benzene ring substituents is 1. The number of nitrogens with one attached hydrogen (secondary N) is 4. The number of carbonyl (C=O) groups excluding carboxylic acids is 2. The number of anilines is 3. The zero-order chi connectivity index (χ0) is 35.7. The molecule has 1 aromatic heterocycles. The van der Waals surface area contributed by atoms with Gasteiger partial charge in [-0.3, -0.25) is 19.6 Å². The maximum Gasteiger partial charge on any atom is 0.333 e. The Labute approximate surface area is 291 Å². The van der Waals surface area contributed by atoms with Crippen LogP contribution in [0.2, 0.25) is 0 Å². The molecule has 0 saturated heterocycles. The van der Waals surface area contributed by atoms with Gasteiger partial charge in [0.25, 0.3) is 15.7 Å². The molecule has 4 aromatic rings. The maximum absolute atomic E-state index is 13.1. The summed E-state index contributed by atoms with van der Waals surface area (Å²) in [5, 5.41) is 43.3.